The highest BCUT2D eigenvalue weighted by Gasteiger charge is 2.38. The Balaban J connectivity index is 2.17. The van der Waals surface area contributed by atoms with Crippen molar-refractivity contribution in [1.82, 2.24) is 0 Å². The number of carbonyl (C=O) groups excluding carboxylic acids is 1. The lowest BCUT2D eigenvalue weighted by molar-refractivity contribution is -0.111. The molecular weight excluding hydrogens is 648 g/mol. The first-order valence-corrected chi connectivity index (χ1v) is 16.6. The topological polar surface area (TPSA) is 169 Å². The molecule has 1 aliphatic carbocycles. The number of rotatable bonds is 11. The number of ether oxygens (including phenoxy) is 4. The van der Waals surface area contributed by atoms with Gasteiger partial charge >= 0.3 is 0 Å². The molecule has 5 aromatic rings. The number of allylic oxidation sites excluding steroid dienone is 2. The highest BCUT2D eigenvalue weighted by molar-refractivity contribution is 7.99. The van der Waals surface area contributed by atoms with Crippen LogP contribution in [-0.4, -0.2) is 79.4 Å². The molecule has 13 heteroatoms. The second-order valence-electron chi connectivity index (χ2n) is 11.0. The van der Waals surface area contributed by atoms with E-state index in [-0.39, 0.29) is 108 Å². The van der Waals surface area contributed by atoms with E-state index >= 15 is 0 Å². The predicted molar refractivity (Wildman–Crippen MR) is 184 cm³/mol. The van der Waals surface area contributed by atoms with Gasteiger partial charge in [-0.1, -0.05) is 5.57 Å². The molecule has 1 aliphatic rings. The summed E-state index contributed by atoms with van der Waals surface area (Å²) in [5, 5.41) is 44.8. The number of carbonyl (C=O) groups is 1. The number of phenols is 2. The van der Waals surface area contributed by atoms with E-state index in [1.54, 1.807) is 6.92 Å². The Morgan fingerprint density at radius 2 is 1.11 bits per heavy atom. The fourth-order valence-electron chi connectivity index (χ4n) is 7.13. The normalized spacial score (nSPS) is 13.0. The minimum absolute atomic E-state index is 0.0157. The lowest BCUT2D eigenvalue weighted by Crippen LogP contribution is -2.14. The van der Waals surface area contributed by atoms with Gasteiger partial charge in [-0.15, -0.1) is 23.5 Å². The summed E-state index contributed by atoms with van der Waals surface area (Å²) in [6.45, 7) is 2.63. The summed E-state index contributed by atoms with van der Waals surface area (Å²) >= 11 is 2.06. The maximum absolute atomic E-state index is 14.4. The molecule has 0 heterocycles. The van der Waals surface area contributed by atoms with Crippen molar-refractivity contribution in [2.75, 3.05) is 53.2 Å². The number of benzene rings is 5. The molecule has 11 nitrogen and oxygen atoms in total. The molecule has 0 atom stereocenters. The Morgan fingerprint density at radius 1 is 0.660 bits per heavy atom. The molecule has 0 aromatic heterocycles. The summed E-state index contributed by atoms with van der Waals surface area (Å²) in [6.07, 6.45) is 0.106. The molecule has 0 unspecified atom stereocenters. The third kappa shape index (κ3) is 4.33. The van der Waals surface area contributed by atoms with Gasteiger partial charge in [0.05, 0.1) is 62.2 Å². The zero-order valence-corrected chi connectivity index (χ0v) is 28.1. The zero-order chi connectivity index (χ0) is 34.1. The molecule has 47 heavy (non-hydrogen) atoms. The van der Waals surface area contributed by atoms with Gasteiger partial charge in [-0.05, 0) is 25.7 Å². The van der Waals surface area contributed by atoms with Crippen LogP contribution in [0.4, 0.5) is 0 Å². The number of aromatic hydroxyl groups is 2. The number of phenolic OH excluding ortho intramolecular Hbond substituents is 2. The number of methoxy groups -OCH3 is 4. The fraction of sp³-hybridized carbons (Fsp3) is 0.324. The first-order valence-electron chi connectivity index (χ1n) is 14.6. The number of Topliss-reactive ketones (excluding diaryl/α,β-unsaturated/α-hetero) is 1. The molecule has 0 saturated carbocycles. The highest BCUT2D eigenvalue weighted by atomic mass is 32.2. The zero-order valence-electron chi connectivity index (χ0n) is 26.5. The van der Waals surface area contributed by atoms with Crippen molar-refractivity contribution in [3.8, 4) is 34.5 Å². The Morgan fingerprint density at radius 3 is 1.53 bits per heavy atom. The van der Waals surface area contributed by atoms with Crippen LogP contribution in [0.3, 0.4) is 0 Å². The van der Waals surface area contributed by atoms with Gasteiger partial charge in [0.25, 0.3) is 0 Å². The second-order valence-corrected chi connectivity index (χ2v) is 13.2. The SMILES string of the molecule is COc1c(O)c2c(=O)c(SCCO)c(OC)c3c4c(OC)c(SCCO)c(=O)c5c(O)c(OC)c6c(c(c1CC(C)=C6C(C)=O)c23)c54. The summed E-state index contributed by atoms with van der Waals surface area (Å²) in [5.41, 5.74) is 0.336. The molecular formula is C34H32O11S2. The smallest absolute Gasteiger partial charge is 0.207 e. The van der Waals surface area contributed by atoms with Crippen LogP contribution >= 0.6 is 23.5 Å². The van der Waals surface area contributed by atoms with Crippen LogP contribution in [0.1, 0.15) is 25.0 Å². The minimum atomic E-state index is -0.590. The summed E-state index contributed by atoms with van der Waals surface area (Å²) < 4.78 is 23.5. The Hall–Kier alpha value is -4.17. The molecule has 0 amide bonds. The van der Waals surface area contributed by atoms with Crippen molar-refractivity contribution >= 4 is 78.0 Å². The molecule has 0 saturated heterocycles. The van der Waals surface area contributed by atoms with E-state index in [1.165, 1.54) is 35.4 Å². The molecule has 246 valence electrons. The van der Waals surface area contributed by atoms with Gasteiger partial charge < -0.3 is 39.4 Å². The van der Waals surface area contributed by atoms with E-state index in [1.807, 2.05) is 0 Å². The van der Waals surface area contributed by atoms with E-state index in [9.17, 15) is 34.8 Å². The van der Waals surface area contributed by atoms with Gasteiger partial charge in [0.2, 0.25) is 10.9 Å². The van der Waals surface area contributed by atoms with Crippen molar-refractivity contribution in [1.29, 1.82) is 0 Å². The van der Waals surface area contributed by atoms with Crippen molar-refractivity contribution in [3.63, 3.8) is 0 Å². The molecule has 6 rings (SSSR count). The van der Waals surface area contributed by atoms with Crippen molar-refractivity contribution < 1.29 is 44.2 Å². The first kappa shape index (κ1) is 32.8. The minimum Gasteiger partial charge on any atom is -0.504 e. The van der Waals surface area contributed by atoms with Crippen LogP contribution in [0.2, 0.25) is 0 Å². The van der Waals surface area contributed by atoms with Gasteiger partial charge in [0, 0.05) is 55.1 Å². The quantitative estimate of drug-likeness (QED) is 0.0879. The maximum Gasteiger partial charge on any atom is 0.207 e. The second kappa shape index (κ2) is 12.1. The number of aliphatic hydroxyl groups excluding tert-OH is 2. The Kier molecular flexibility index (Phi) is 8.45. The summed E-state index contributed by atoms with van der Waals surface area (Å²) in [6, 6.07) is 0. The first-order chi connectivity index (χ1) is 22.6. The van der Waals surface area contributed by atoms with Crippen molar-refractivity contribution in [2.24, 2.45) is 0 Å². The summed E-state index contributed by atoms with van der Waals surface area (Å²) in [7, 11) is 5.46. The van der Waals surface area contributed by atoms with Crippen LogP contribution < -0.4 is 29.8 Å². The predicted octanol–water partition coefficient (Wildman–Crippen LogP) is 4.43. The Labute approximate surface area is 276 Å². The van der Waals surface area contributed by atoms with E-state index in [2.05, 4.69) is 0 Å². The summed E-state index contributed by atoms with van der Waals surface area (Å²) in [5.74, 6) is -0.861. The van der Waals surface area contributed by atoms with Gasteiger partial charge in [-0.3, -0.25) is 14.4 Å². The highest BCUT2D eigenvalue weighted by Crippen LogP contribution is 2.59. The van der Waals surface area contributed by atoms with Gasteiger partial charge in [-0.2, -0.15) is 0 Å². The van der Waals surface area contributed by atoms with Crippen LogP contribution in [0.25, 0.3) is 48.7 Å². The van der Waals surface area contributed by atoms with Crippen LogP contribution in [0.5, 0.6) is 34.5 Å². The number of hydrogen-bond donors (Lipinski definition) is 4. The van der Waals surface area contributed by atoms with Crippen LogP contribution in [0.15, 0.2) is 25.0 Å². The lowest BCUT2D eigenvalue weighted by atomic mass is 9.82. The van der Waals surface area contributed by atoms with E-state index in [4.69, 9.17) is 18.9 Å². The summed E-state index contributed by atoms with van der Waals surface area (Å²) in [4.78, 5) is 42.5. The van der Waals surface area contributed by atoms with Gasteiger partial charge in [0.15, 0.2) is 28.8 Å². The molecule has 0 radical (unpaired) electrons. The van der Waals surface area contributed by atoms with Crippen molar-refractivity contribution in [3.05, 3.63) is 37.1 Å². The monoisotopic (exact) mass is 680 g/mol. The number of ketones is 1. The molecule has 4 N–H and O–H groups in total. The van der Waals surface area contributed by atoms with E-state index < -0.39 is 22.4 Å². The van der Waals surface area contributed by atoms with Crippen molar-refractivity contribution in [2.45, 2.75) is 30.1 Å². The lowest BCUT2D eigenvalue weighted by Gasteiger charge is -2.25. The number of thioether (sulfide) groups is 2. The average Bonchev–Trinajstić information content (AvgIpc) is 3.17. The third-order valence-corrected chi connectivity index (χ3v) is 10.7. The van der Waals surface area contributed by atoms with E-state index in [0.717, 1.165) is 23.5 Å². The fourth-order valence-corrected chi connectivity index (χ4v) is 8.82. The molecule has 0 fully saturated rings. The average molecular weight is 681 g/mol. The number of fused-ring (bicyclic) bond motifs is 1. The van der Waals surface area contributed by atoms with Gasteiger partial charge in [-0.25, -0.2) is 0 Å². The molecule has 0 spiro atoms. The van der Waals surface area contributed by atoms with Crippen LogP contribution in [0, 0.1) is 0 Å². The standard InChI is InChI=1S/C34H32O11S2/c1-12-11-14-16-17-19-22(21-18(16)23(25(38)29(14)42-3)27(40)33(31(21)44-5)46-9-7-35)32(45-6)34(47-10-8-36)28(41)24(19)26(39)30(43-4)20(17)15(12)13(2)37/h35-36,38-39H,7-11H2,1-6H3. The number of aliphatic hydroxyl groups is 2. The largest absolute Gasteiger partial charge is 0.504 e. The Bertz CT molecular complexity index is 2300. The molecule has 0 bridgehead atoms. The molecule has 5 aromatic carbocycles. The van der Waals surface area contributed by atoms with E-state index in [0.29, 0.717) is 27.3 Å². The third-order valence-electron chi connectivity index (χ3n) is 8.65. The molecule has 0 aliphatic heterocycles. The van der Waals surface area contributed by atoms with Crippen LogP contribution in [-0.2, 0) is 11.2 Å². The van der Waals surface area contributed by atoms with Gasteiger partial charge in [0.1, 0.15) is 11.5 Å². The maximum atomic E-state index is 14.4. The number of hydrogen-bond acceptors (Lipinski definition) is 13.